The number of nitrogens with one attached hydrogen (secondary N) is 1. The normalized spacial score (nSPS) is 17.9. The second kappa shape index (κ2) is 7.54. The molecule has 0 aromatic heterocycles. The van der Waals surface area contributed by atoms with E-state index in [0.29, 0.717) is 12.3 Å². The molecule has 2 heterocycles. The van der Waals surface area contributed by atoms with Crippen LogP contribution in [0, 0.1) is 0 Å². The van der Waals surface area contributed by atoms with Gasteiger partial charge < -0.3 is 10.1 Å². The lowest BCUT2D eigenvalue weighted by molar-refractivity contribution is -0.118. The van der Waals surface area contributed by atoms with Crippen LogP contribution >= 0.6 is 23.5 Å². The minimum Gasteiger partial charge on any atom is -0.488 e. The van der Waals surface area contributed by atoms with Crippen LogP contribution in [0.3, 0.4) is 0 Å². The van der Waals surface area contributed by atoms with Crippen LogP contribution in [0.25, 0.3) is 0 Å². The Balaban J connectivity index is 1.24. The Morgan fingerprint density at radius 3 is 2.88 bits per heavy atom. The van der Waals surface area contributed by atoms with Crippen LogP contribution in [-0.2, 0) is 17.0 Å². The topological polar surface area (TPSA) is 50.7 Å². The monoisotopic (exact) mass is 370 g/mol. The Hall–Kier alpha value is -1.92. The molecular formula is C19H18N2O2S2. The van der Waals surface area contributed by atoms with Crippen LogP contribution in [0.1, 0.15) is 11.1 Å². The number of nitrogens with zero attached hydrogens (tertiary/aromatic N) is 1. The zero-order valence-corrected chi connectivity index (χ0v) is 15.2. The highest BCUT2D eigenvalue weighted by atomic mass is 32.2. The molecule has 25 heavy (non-hydrogen) atoms. The fraction of sp³-hybridized carbons (Fsp3) is 0.263. The number of carbonyl (C=O) groups excluding carboxylic acids is 1. The second-order valence-electron chi connectivity index (χ2n) is 5.94. The van der Waals surface area contributed by atoms with Crippen molar-refractivity contribution < 1.29 is 9.53 Å². The molecule has 2 aromatic rings. The van der Waals surface area contributed by atoms with Gasteiger partial charge in [0.05, 0.1) is 18.0 Å². The smallest absolute Gasteiger partial charge is 0.230 e. The van der Waals surface area contributed by atoms with Crippen molar-refractivity contribution in [3.63, 3.8) is 0 Å². The molecule has 1 N–H and O–H groups in total. The summed E-state index contributed by atoms with van der Waals surface area (Å²) in [5.41, 5.74) is 3.48. The first-order valence-electron chi connectivity index (χ1n) is 8.21. The van der Waals surface area contributed by atoms with Crippen molar-refractivity contribution in [2.75, 3.05) is 12.3 Å². The summed E-state index contributed by atoms with van der Waals surface area (Å²) in [4.78, 5) is 16.7. The average molecular weight is 370 g/mol. The predicted octanol–water partition coefficient (Wildman–Crippen LogP) is 3.77. The summed E-state index contributed by atoms with van der Waals surface area (Å²) >= 11 is 3.19. The first-order valence-corrected chi connectivity index (χ1v) is 10.2. The van der Waals surface area contributed by atoms with Crippen molar-refractivity contribution in [3.05, 3.63) is 59.7 Å². The summed E-state index contributed by atoms with van der Waals surface area (Å²) in [6.07, 6.45) is 0.878. The molecule has 0 radical (unpaired) electrons. The maximum atomic E-state index is 12.1. The van der Waals surface area contributed by atoms with Crippen LogP contribution in [0.5, 0.6) is 5.75 Å². The van der Waals surface area contributed by atoms with Gasteiger partial charge in [0.2, 0.25) is 5.91 Å². The minimum absolute atomic E-state index is 0.0201. The number of ether oxygens (including phenoxy) is 1. The van der Waals surface area contributed by atoms with E-state index in [1.54, 1.807) is 11.8 Å². The summed E-state index contributed by atoms with van der Waals surface area (Å²) < 4.78 is 6.80. The third-order valence-corrected chi connectivity index (χ3v) is 6.37. The van der Waals surface area contributed by atoms with E-state index in [4.69, 9.17) is 4.74 Å². The van der Waals surface area contributed by atoms with Crippen molar-refractivity contribution in [1.29, 1.82) is 0 Å². The van der Waals surface area contributed by atoms with E-state index < -0.39 is 0 Å². The third kappa shape index (κ3) is 4.02. The van der Waals surface area contributed by atoms with Crippen molar-refractivity contribution in [2.24, 2.45) is 4.99 Å². The molecule has 6 heteroatoms. The van der Waals surface area contributed by atoms with Gasteiger partial charge >= 0.3 is 0 Å². The Morgan fingerprint density at radius 1 is 1.20 bits per heavy atom. The largest absolute Gasteiger partial charge is 0.488 e. The molecule has 0 fully saturated rings. The molecule has 0 aliphatic carbocycles. The van der Waals surface area contributed by atoms with E-state index in [9.17, 15) is 4.79 Å². The Morgan fingerprint density at radius 2 is 2.00 bits per heavy atom. The van der Waals surface area contributed by atoms with Gasteiger partial charge in [-0.05, 0) is 23.3 Å². The number of hydrogen-bond donors (Lipinski definition) is 1. The van der Waals surface area contributed by atoms with Crippen LogP contribution in [-0.4, -0.2) is 28.7 Å². The molecule has 1 amide bonds. The molecule has 2 aromatic carbocycles. The molecule has 0 spiro atoms. The Bertz CT molecular complexity index is 798. The van der Waals surface area contributed by atoms with Gasteiger partial charge in [-0.2, -0.15) is 0 Å². The summed E-state index contributed by atoms with van der Waals surface area (Å²) in [5, 5.41) is 2.97. The summed E-state index contributed by atoms with van der Waals surface area (Å²) in [6, 6.07) is 16.2. The van der Waals surface area contributed by atoms with Gasteiger partial charge in [-0.1, -0.05) is 59.9 Å². The molecule has 0 bridgehead atoms. The van der Waals surface area contributed by atoms with E-state index in [1.165, 1.54) is 22.9 Å². The molecule has 2 aliphatic rings. The third-order valence-electron chi connectivity index (χ3n) is 4.12. The zero-order chi connectivity index (χ0) is 17.1. The van der Waals surface area contributed by atoms with Gasteiger partial charge in [0.15, 0.2) is 0 Å². The lowest BCUT2D eigenvalue weighted by Crippen LogP contribution is -2.35. The van der Waals surface area contributed by atoms with Gasteiger partial charge in [0, 0.05) is 12.2 Å². The Labute approximate surface area is 155 Å². The van der Waals surface area contributed by atoms with Crippen LogP contribution < -0.4 is 10.1 Å². The van der Waals surface area contributed by atoms with Crippen LogP contribution in [0.15, 0.2) is 53.5 Å². The predicted molar refractivity (Wildman–Crippen MR) is 105 cm³/mol. The van der Waals surface area contributed by atoms with Crippen LogP contribution in [0.4, 0.5) is 5.69 Å². The summed E-state index contributed by atoms with van der Waals surface area (Å²) in [7, 11) is 0. The van der Waals surface area contributed by atoms with Crippen LogP contribution in [0.2, 0.25) is 0 Å². The van der Waals surface area contributed by atoms with Gasteiger partial charge in [-0.25, -0.2) is 4.99 Å². The quantitative estimate of drug-likeness (QED) is 0.890. The van der Waals surface area contributed by atoms with E-state index in [-0.39, 0.29) is 12.0 Å². The molecule has 0 unspecified atom stereocenters. The average Bonchev–Trinajstić information content (AvgIpc) is 3.07. The summed E-state index contributed by atoms with van der Waals surface area (Å²) in [5.74, 6) is 2.25. The SMILES string of the molecule is O=C(CSC1=Nc2ccccc2CS1)NC[C@H]1Cc2ccccc2O1. The zero-order valence-electron chi connectivity index (χ0n) is 13.6. The number of aliphatic imine (C=N–C) groups is 1. The minimum atomic E-state index is 0.0201. The standard InChI is InChI=1S/C19H18N2O2S2/c22-18(20-10-15-9-13-5-2-4-8-17(13)23-15)12-25-19-21-16-7-3-1-6-14(16)11-24-19/h1-8,15H,9-12H2,(H,20,22)/t15-/m1/s1. The van der Waals surface area contributed by atoms with Crippen molar-refractivity contribution in [3.8, 4) is 5.75 Å². The molecule has 4 rings (SSSR count). The number of thioether (sulfide) groups is 2. The van der Waals surface area contributed by atoms with E-state index in [1.807, 2.05) is 36.4 Å². The molecular weight excluding hydrogens is 352 g/mol. The molecule has 4 nitrogen and oxygen atoms in total. The summed E-state index contributed by atoms with van der Waals surface area (Å²) in [6.45, 7) is 0.538. The van der Waals surface area contributed by atoms with Crippen molar-refractivity contribution in [1.82, 2.24) is 5.32 Å². The lowest BCUT2D eigenvalue weighted by atomic mass is 10.1. The molecule has 0 saturated heterocycles. The Kier molecular flexibility index (Phi) is 4.99. The van der Waals surface area contributed by atoms with E-state index in [2.05, 4.69) is 22.4 Å². The van der Waals surface area contributed by atoms with Gasteiger partial charge in [-0.15, -0.1) is 0 Å². The van der Waals surface area contributed by atoms with Crippen molar-refractivity contribution >= 4 is 39.5 Å². The van der Waals surface area contributed by atoms with Gasteiger partial charge in [0.1, 0.15) is 16.2 Å². The highest BCUT2D eigenvalue weighted by Gasteiger charge is 2.22. The number of hydrogen-bond acceptors (Lipinski definition) is 5. The van der Waals surface area contributed by atoms with Gasteiger partial charge in [-0.3, -0.25) is 4.79 Å². The van der Waals surface area contributed by atoms with Crippen molar-refractivity contribution in [2.45, 2.75) is 18.3 Å². The number of carbonyl (C=O) groups is 1. The van der Waals surface area contributed by atoms with E-state index in [0.717, 1.165) is 28.0 Å². The second-order valence-corrected chi connectivity index (χ2v) is 8.13. The first-order chi connectivity index (χ1) is 12.3. The lowest BCUT2D eigenvalue weighted by Gasteiger charge is -2.15. The number of amides is 1. The highest BCUT2D eigenvalue weighted by Crippen LogP contribution is 2.34. The number of fused-ring (bicyclic) bond motifs is 2. The van der Waals surface area contributed by atoms with Gasteiger partial charge in [0.25, 0.3) is 0 Å². The maximum Gasteiger partial charge on any atom is 0.230 e. The fourth-order valence-corrected chi connectivity index (χ4v) is 4.75. The number of benzene rings is 2. The number of para-hydroxylation sites is 2. The maximum absolute atomic E-state index is 12.1. The molecule has 2 aliphatic heterocycles. The highest BCUT2D eigenvalue weighted by molar-refractivity contribution is 8.38. The van der Waals surface area contributed by atoms with E-state index >= 15 is 0 Å². The number of rotatable bonds is 4. The molecule has 1 atom stereocenters. The first kappa shape index (κ1) is 16.5. The fourth-order valence-electron chi connectivity index (χ4n) is 2.86. The molecule has 0 saturated carbocycles. The molecule has 128 valence electrons.